The maximum absolute atomic E-state index is 12.6. The van der Waals surface area contributed by atoms with E-state index in [2.05, 4.69) is 10.6 Å². The molecule has 0 saturated heterocycles. The second-order valence-electron chi connectivity index (χ2n) is 7.22. The average Bonchev–Trinajstić information content (AvgIpc) is 3.13. The van der Waals surface area contributed by atoms with Gasteiger partial charge >= 0.3 is 0 Å². The van der Waals surface area contributed by atoms with Crippen LogP contribution in [0.3, 0.4) is 0 Å². The van der Waals surface area contributed by atoms with Crippen LogP contribution in [0.2, 0.25) is 5.02 Å². The van der Waals surface area contributed by atoms with Gasteiger partial charge in [-0.25, -0.2) is 12.7 Å². The normalized spacial score (nSPS) is 14.1. The fourth-order valence-corrected chi connectivity index (χ4v) is 4.37. The third-order valence-electron chi connectivity index (χ3n) is 4.72. The minimum atomic E-state index is -3.73. The minimum Gasteiger partial charge on any atom is -0.459 e. The van der Waals surface area contributed by atoms with Crippen LogP contribution in [-0.2, 0) is 14.8 Å². The van der Waals surface area contributed by atoms with Crippen molar-refractivity contribution in [1.82, 2.24) is 9.62 Å². The molecule has 160 valence electrons. The highest BCUT2D eigenvalue weighted by Gasteiger charge is 2.23. The van der Waals surface area contributed by atoms with Crippen LogP contribution in [0.1, 0.15) is 25.6 Å². The second-order valence-corrected chi connectivity index (χ2v) is 9.75. The van der Waals surface area contributed by atoms with E-state index >= 15 is 0 Å². The molecule has 7 nitrogen and oxygen atoms in total. The lowest BCUT2D eigenvalue weighted by Gasteiger charge is -2.19. The number of benzene rings is 2. The highest BCUT2D eigenvalue weighted by Crippen LogP contribution is 2.27. The molecular formula is C21H24ClN3O4S. The van der Waals surface area contributed by atoms with Crippen molar-refractivity contribution in [3.63, 3.8) is 0 Å². The van der Waals surface area contributed by atoms with Gasteiger partial charge in [0.15, 0.2) is 0 Å². The lowest BCUT2D eigenvalue weighted by atomic mass is 10.2. The predicted octanol–water partition coefficient (Wildman–Crippen LogP) is 4.01. The first-order valence-corrected chi connectivity index (χ1v) is 11.2. The number of hydrogen-bond acceptors (Lipinski definition) is 5. The topological polar surface area (TPSA) is 91.6 Å². The molecule has 0 aliphatic heterocycles. The Balaban J connectivity index is 1.71. The van der Waals surface area contributed by atoms with Gasteiger partial charge in [0.1, 0.15) is 16.2 Å². The molecule has 1 aromatic heterocycles. The Morgan fingerprint density at radius 1 is 1.10 bits per heavy atom. The Morgan fingerprint density at radius 2 is 1.80 bits per heavy atom. The van der Waals surface area contributed by atoms with Crippen molar-refractivity contribution < 1.29 is 17.6 Å². The van der Waals surface area contributed by atoms with Crippen molar-refractivity contribution >= 4 is 44.2 Å². The highest BCUT2D eigenvalue weighted by atomic mass is 35.5. The standard InChI is InChI=1S/C21H24ClN3O4S/c1-13(19-11-15-7-5-6-8-18(15)29-19)23-14(2)21(26)24-16-9-10-17(22)20(12-16)30(27,28)25(3)4/h5-14,23H,1-4H3,(H,24,26). The number of hydrogen-bond donors (Lipinski definition) is 2. The molecule has 1 amide bonds. The Morgan fingerprint density at radius 3 is 2.47 bits per heavy atom. The van der Waals surface area contributed by atoms with Gasteiger partial charge in [0.25, 0.3) is 0 Å². The largest absolute Gasteiger partial charge is 0.459 e. The summed E-state index contributed by atoms with van der Waals surface area (Å²) in [5.41, 5.74) is 1.13. The maximum atomic E-state index is 12.6. The van der Waals surface area contributed by atoms with Crippen LogP contribution in [0.5, 0.6) is 0 Å². The molecule has 0 fully saturated rings. The zero-order valence-electron chi connectivity index (χ0n) is 17.1. The van der Waals surface area contributed by atoms with Crippen molar-refractivity contribution in [3.05, 3.63) is 59.3 Å². The van der Waals surface area contributed by atoms with Gasteiger partial charge in [-0.3, -0.25) is 10.1 Å². The number of carbonyl (C=O) groups excluding carboxylic acids is 1. The fraction of sp³-hybridized carbons (Fsp3) is 0.286. The van der Waals surface area contributed by atoms with Gasteiger partial charge in [0.2, 0.25) is 15.9 Å². The number of para-hydroxylation sites is 1. The third-order valence-corrected chi connectivity index (χ3v) is 7.02. The van der Waals surface area contributed by atoms with Gasteiger partial charge in [-0.2, -0.15) is 0 Å². The SMILES string of the molecule is CC(NC(C)c1cc2ccccc2o1)C(=O)Nc1ccc(Cl)c(S(=O)(=O)N(C)C)c1. The Hall–Kier alpha value is -2.39. The number of rotatable bonds is 7. The van der Waals surface area contributed by atoms with Gasteiger partial charge in [-0.1, -0.05) is 29.8 Å². The Kier molecular flexibility index (Phi) is 6.52. The van der Waals surface area contributed by atoms with Crippen LogP contribution in [0, 0.1) is 0 Å². The number of furan rings is 1. The van der Waals surface area contributed by atoms with Gasteiger partial charge in [0, 0.05) is 25.2 Å². The molecule has 0 spiro atoms. The van der Waals surface area contributed by atoms with Crippen molar-refractivity contribution in [1.29, 1.82) is 0 Å². The van der Waals surface area contributed by atoms with Crippen LogP contribution in [0.15, 0.2) is 57.8 Å². The van der Waals surface area contributed by atoms with E-state index in [1.54, 1.807) is 13.0 Å². The molecule has 30 heavy (non-hydrogen) atoms. The third kappa shape index (κ3) is 4.67. The number of nitrogens with zero attached hydrogens (tertiary/aromatic N) is 1. The number of nitrogens with one attached hydrogen (secondary N) is 2. The summed E-state index contributed by atoms with van der Waals surface area (Å²) >= 11 is 6.05. The molecule has 1 heterocycles. The van der Waals surface area contributed by atoms with Crippen molar-refractivity contribution in [2.24, 2.45) is 0 Å². The summed E-state index contributed by atoms with van der Waals surface area (Å²) in [6, 6.07) is 13.2. The summed E-state index contributed by atoms with van der Waals surface area (Å²) in [6.45, 7) is 3.63. The van der Waals surface area contributed by atoms with E-state index in [0.717, 1.165) is 21.0 Å². The Bertz CT molecular complexity index is 1140. The lowest BCUT2D eigenvalue weighted by molar-refractivity contribution is -0.118. The van der Waals surface area contributed by atoms with E-state index in [0.29, 0.717) is 5.69 Å². The van der Waals surface area contributed by atoms with Gasteiger partial charge < -0.3 is 9.73 Å². The summed E-state index contributed by atoms with van der Waals surface area (Å²) in [5.74, 6) is 0.412. The van der Waals surface area contributed by atoms with Crippen LogP contribution in [0.25, 0.3) is 11.0 Å². The van der Waals surface area contributed by atoms with Crippen LogP contribution < -0.4 is 10.6 Å². The van der Waals surface area contributed by atoms with E-state index in [-0.39, 0.29) is 21.9 Å². The zero-order valence-corrected chi connectivity index (χ0v) is 18.7. The van der Waals surface area contributed by atoms with Crippen LogP contribution in [0.4, 0.5) is 5.69 Å². The molecule has 0 radical (unpaired) electrons. The number of carbonyl (C=O) groups is 1. The number of anilines is 1. The molecule has 2 unspecified atom stereocenters. The number of sulfonamides is 1. The lowest BCUT2D eigenvalue weighted by Crippen LogP contribution is -2.39. The van der Waals surface area contributed by atoms with Gasteiger partial charge in [0.05, 0.1) is 17.1 Å². The number of amides is 1. The first-order valence-electron chi connectivity index (χ1n) is 9.37. The molecule has 2 atom stereocenters. The van der Waals surface area contributed by atoms with Crippen LogP contribution >= 0.6 is 11.6 Å². The van der Waals surface area contributed by atoms with E-state index in [1.165, 1.54) is 26.2 Å². The summed E-state index contributed by atoms with van der Waals surface area (Å²) in [6.07, 6.45) is 0. The molecule has 0 saturated carbocycles. The molecule has 2 aromatic carbocycles. The van der Waals surface area contributed by atoms with Gasteiger partial charge in [-0.15, -0.1) is 0 Å². The smallest absolute Gasteiger partial charge is 0.244 e. The maximum Gasteiger partial charge on any atom is 0.244 e. The highest BCUT2D eigenvalue weighted by molar-refractivity contribution is 7.89. The Labute approximate surface area is 181 Å². The molecule has 0 aliphatic rings. The van der Waals surface area contributed by atoms with E-state index in [9.17, 15) is 13.2 Å². The molecule has 0 bridgehead atoms. The second kappa shape index (κ2) is 8.77. The first kappa shape index (κ1) is 22.3. The van der Waals surface area contributed by atoms with Gasteiger partial charge in [-0.05, 0) is 44.2 Å². The molecular weight excluding hydrogens is 426 g/mol. The molecule has 0 aliphatic carbocycles. The first-order chi connectivity index (χ1) is 14.1. The van der Waals surface area contributed by atoms with E-state index < -0.39 is 16.1 Å². The molecule has 3 aromatic rings. The quantitative estimate of drug-likeness (QED) is 0.568. The molecule has 9 heteroatoms. The van der Waals surface area contributed by atoms with Crippen molar-refractivity contribution in [3.8, 4) is 0 Å². The minimum absolute atomic E-state index is 0.0665. The van der Waals surface area contributed by atoms with Crippen molar-refractivity contribution in [2.45, 2.75) is 30.8 Å². The fourth-order valence-electron chi connectivity index (χ4n) is 2.97. The summed E-state index contributed by atoms with van der Waals surface area (Å²) in [4.78, 5) is 12.6. The zero-order chi connectivity index (χ0) is 22.1. The number of fused-ring (bicyclic) bond motifs is 1. The summed E-state index contributed by atoms with van der Waals surface area (Å²) < 4.78 is 31.7. The predicted molar refractivity (Wildman–Crippen MR) is 118 cm³/mol. The van der Waals surface area contributed by atoms with Crippen LogP contribution in [-0.4, -0.2) is 38.8 Å². The monoisotopic (exact) mass is 449 g/mol. The summed E-state index contributed by atoms with van der Waals surface area (Å²) in [7, 11) is -0.894. The summed E-state index contributed by atoms with van der Waals surface area (Å²) in [5, 5.41) is 7.01. The van der Waals surface area contributed by atoms with E-state index in [1.807, 2.05) is 37.3 Å². The van der Waals surface area contributed by atoms with Crippen molar-refractivity contribution in [2.75, 3.05) is 19.4 Å². The number of halogens is 1. The van der Waals surface area contributed by atoms with E-state index in [4.69, 9.17) is 16.0 Å². The molecule has 3 rings (SSSR count). The molecule has 2 N–H and O–H groups in total. The average molecular weight is 450 g/mol.